The standard InChI is InChI=1S/C15H31N3O6Si2/c1-16(14-25-19-8-2-17(3-9-20-25)4-10-21-25)15-26-22-11-5-18(6-12-23-26)7-13-24-26/h2-15H2,1H3. The Hall–Kier alpha value is 0.0738. The molecule has 0 N–H and O–H groups in total. The fourth-order valence-corrected chi connectivity index (χ4v) is 9.12. The predicted molar refractivity (Wildman–Crippen MR) is 97.6 cm³/mol. The van der Waals surface area contributed by atoms with E-state index in [1.165, 1.54) is 0 Å². The van der Waals surface area contributed by atoms with Crippen LogP contribution in [0.15, 0.2) is 0 Å². The maximum absolute atomic E-state index is 6.14. The minimum absolute atomic E-state index is 0.643. The molecule has 0 aliphatic carbocycles. The summed E-state index contributed by atoms with van der Waals surface area (Å²) in [5.74, 6) is 0. The molecule has 0 unspecified atom stereocenters. The molecule has 0 aromatic carbocycles. The van der Waals surface area contributed by atoms with E-state index in [1.54, 1.807) is 0 Å². The molecular weight excluding hydrogens is 374 g/mol. The van der Waals surface area contributed by atoms with Gasteiger partial charge in [0.05, 0.1) is 52.0 Å². The first-order chi connectivity index (χ1) is 12.7. The Kier molecular flexibility index (Phi) is 6.42. The average molecular weight is 406 g/mol. The molecule has 26 heavy (non-hydrogen) atoms. The number of rotatable bonds is 4. The molecule has 0 spiro atoms. The van der Waals surface area contributed by atoms with Crippen molar-refractivity contribution in [2.24, 2.45) is 0 Å². The molecule has 6 aliphatic heterocycles. The van der Waals surface area contributed by atoms with Crippen LogP contribution in [0.5, 0.6) is 0 Å². The van der Waals surface area contributed by atoms with Gasteiger partial charge < -0.3 is 26.6 Å². The van der Waals surface area contributed by atoms with E-state index >= 15 is 0 Å². The van der Waals surface area contributed by atoms with Crippen LogP contribution in [0.25, 0.3) is 0 Å². The molecule has 0 aromatic heterocycles. The van der Waals surface area contributed by atoms with E-state index in [0.29, 0.717) is 52.0 Å². The average Bonchev–Trinajstić information content (AvgIpc) is 2.49. The van der Waals surface area contributed by atoms with Crippen LogP contribution in [0.2, 0.25) is 0 Å². The summed E-state index contributed by atoms with van der Waals surface area (Å²) in [6, 6.07) is 0. The Morgan fingerprint density at radius 3 is 1.12 bits per heavy atom. The van der Waals surface area contributed by atoms with Gasteiger partial charge >= 0.3 is 17.6 Å². The molecule has 11 heteroatoms. The molecule has 6 fully saturated rings. The van der Waals surface area contributed by atoms with Crippen LogP contribution in [-0.2, 0) is 26.6 Å². The van der Waals surface area contributed by atoms with Crippen molar-refractivity contribution in [3.05, 3.63) is 0 Å². The van der Waals surface area contributed by atoms with E-state index in [2.05, 4.69) is 21.7 Å². The van der Waals surface area contributed by atoms with Crippen LogP contribution in [0.1, 0.15) is 0 Å². The third kappa shape index (κ3) is 4.73. The highest BCUT2D eigenvalue weighted by atomic mass is 28.4. The van der Waals surface area contributed by atoms with Gasteiger partial charge in [-0.3, -0.25) is 14.7 Å². The number of hydrogen-bond acceptors (Lipinski definition) is 9. The topological polar surface area (TPSA) is 65.1 Å². The van der Waals surface area contributed by atoms with Gasteiger partial charge in [-0.2, -0.15) is 0 Å². The summed E-state index contributed by atoms with van der Waals surface area (Å²) in [6.07, 6.45) is 1.29. The summed E-state index contributed by atoms with van der Waals surface area (Å²) in [7, 11) is -3.33. The number of nitrogens with zero attached hydrogens (tertiary/aromatic N) is 3. The lowest BCUT2D eigenvalue weighted by molar-refractivity contribution is -0.0229. The Labute approximate surface area is 157 Å². The van der Waals surface area contributed by atoms with Crippen molar-refractivity contribution < 1.29 is 26.6 Å². The van der Waals surface area contributed by atoms with Gasteiger partial charge in [0.15, 0.2) is 0 Å². The molecule has 6 rings (SSSR count). The molecule has 0 aromatic rings. The summed E-state index contributed by atoms with van der Waals surface area (Å²) >= 11 is 0. The second-order valence-corrected chi connectivity index (χ2v) is 12.4. The van der Waals surface area contributed by atoms with Gasteiger partial charge in [-0.1, -0.05) is 0 Å². The SMILES string of the molecule is CN(C[Si]12OCCN(CCO1)CCO2)C[Si]12OCCN(CCO1)CCO2. The third-order valence-corrected chi connectivity index (χ3v) is 11.0. The molecule has 4 bridgehead atoms. The quantitative estimate of drug-likeness (QED) is 0.527. The third-order valence-electron chi connectivity index (χ3n) is 5.30. The summed E-state index contributed by atoms with van der Waals surface area (Å²) in [5, 5.41) is 0. The lowest BCUT2D eigenvalue weighted by Crippen LogP contribution is -2.64. The second-order valence-electron chi connectivity index (χ2n) is 7.31. The fraction of sp³-hybridized carbons (Fsp3) is 1.00. The second kappa shape index (κ2) is 8.61. The van der Waals surface area contributed by atoms with Crippen molar-refractivity contribution in [1.29, 1.82) is 0 Å². The largest absolute Gasteiger partial charge is 0.515 e. The molecule has 0 saturated carbocycles. The lowest BCUT2D eigenvalue weighted by atomic mass is 10.4. The Balaban J connectivity index is 1.40. The van der Waals surface area contributed by atoms with E-state index in [0.717, 1.165) is 39.3 Å². The molecule has 6 saturated heterocycles. The highest BCUT2D eigenvalue weighted by Crippen LogP contribution is 2.20. The summed E-state index contributed by atoms with van der Waals surface area (Å²) in [5.41, 5.74) is 0. The molecule has 0 atom stereocenters. The van der Waals surface area contributed by atoms with Crippen molar-refractivity contribution in [1.82, 2.24) is 14.7 Å². The van der Waals surface area contributed by atoms with Crippen LogP contribution in [0, 0.1) is 0 Å². The van der Waals surface area contributed by atoms with Crippen LogP contribution in [0.4, 0.5) is 0 Å². The highest BCUT2D eigenvalue weighted by Gasteiger charge is 2.49. The van der Waals surface area contributed by atoms with Crippen molar-refractivity contribution in [2.45, 2.75) is 0 Å². The maximum atomic E-state index is 6.14. The maximum Gasteiger partial charge on any atom is 0.515 e. The monoisotopic (exact) mass is 405 g/mol. The zero-order valence-electron chi connectivity index (χ0n) is 15.7. The molecule has 0 amide bonds. The number of hydrogen-bond donors (Lipinski definition) is 0. The van der Waals surface area contributed by atoms with E-state index in [1.807, 2.05) is 0 Å². The van der Waals surface area contributed by atoms with Gasteiger partial charge in [0.2, 0.25) is 0 Å². The van der Waals surface area contributed by atoms with Crippen molar-refractivity contribution in [3.63, 3.8) is 0 Å². The first-order valence-corrected chi connectivity index (χ1v) is 13.5. The Morgan fingerprint density at radius 2 is 0.846 bits per heavy atom. The van der Waals surface area contributed by atoms with Gasteiger partial charge in [-0.05, 0) is 7.05 Å². The van der Waals surface area contributed by atoms with E-state index in [4.69, 9.17) is 26.6 Å². The first kappa shape index (κ1) is 19.4. The molecule has 6 aliphatic rings. The molecule has 6 heterocycles. The smallest absolute Gasteiger partial charge is 0.371 e. The Morgan fingerprint density at radius 1 is 0.577 bits per heavy atom. The normalized spacial score (nSPS) is 41.8. The van der Waals surface area contributed by atoms with Gasteiger partial charge in [-0.15, -0.1) is 0 Å². The van der Waals surface area contributed by atoms with Crippen molar-refractivity contribution in [3.8, 4) is 0 Å². The lowest BCUT2D eigenvalue weighted by Gasteiger charge is -2.42. The highest BCUT2D eigenvalue weighted by molar-refractivity contribution is 6.62. The van der Waals surface area contributed by atoms with Crippen molar-refractivity contribution in [2.75, 3.05) is 98.3 Å². The van der Waals surface area contributed by atoms with E-state index < -0.39 is 17.6 Å². The zero-order valence-corrected chi connectivity index (χ0v) is 17.7. The van der Waals surface area contributed by atoms with Crippen LogP contribution in [-0.4, -0.2) is 131 Å². The number of fused-ring (bicyclic) bond motifs is 12. The van der Waals surface area contributed by atoms with Gasteiger partial charge in [0.25, 0.3) is 0 Å². The summed E-state index contributed by atoms with van der Waals surface area (Å²) < 4.78 is 36.9. The molecule has 9 nitrogen and oxygen atoms in total. The van der Waals surface area contributed by atoms with Crippen LogP contribution >= 0.6 is 0 Å². The van der Waals surface area contributed by atoms with Gasteiger partial charge in [-0.25, -0.2) is 0 Å². The Bertz CT molecular complexity index is 384. The van der Waals surface area contributed by atoms with Gasteiger partial charge in [0.1, 0.15) is 0 Å². The zero-order chi connectivity index (χ0) is 17.9. The summed E-state index contributed by atoms with van der Waals surface area (Å²) in [6.45, 7) is 9.74. The molecular formula is C15H31N3O6Si2. The van der Waals surface area contributed by atoms with Gasteiger partial charge in [0, 0.05) is 39.3 Å². The predicted octanol–water partition coefficient (Wildman–Crippen LogP) is -1.37. The van der Waals surface area contributed by atoms with Crippen LogP contribution in [0.3, 0.4) is 0 Å². The minimum Gasteiger partial charge on any atom is -0.371 e. The minimum atomic E-state index is -2.70. The summed E-state index contributed by atoms with van der Waals surface area (Å²) in [4.78, 5) is 6.84. The first-order valence-electron chi connectivity index (χ1n) is 9.64. The molecule has 150 valence electrons. The molecule has 0 radical (unpaired) electrons. The van der Waals surface area contributed by atoms with E-state index in [-0.39, 0.29) is 0 Å². The van der Waals surface area contributed by atoms with Crippen LogP contribution < -0.4 is 0 Å². The fourth-order valence-electron chi connectivity index (χ4n) is 3.89. The van der Waals surface area contributed by atoms with Crippen molar-refractivity contribution >= 4 is 17.6 Å². The van der Waals surface area contributed by atoms with E-state index in [9.17, 15) is 0 Å².